The van der Waals surface area contributed by atoms with Crippen molar-refractivity contribution < 1.29 is 14.6 Å². The van der Waals surface area contributed by atoms with E-state index < -0.39 is 5.97 Å². The standard InChI is InChI=1S/C18H35NO.C7H6O2/c1-16-14-19(15-17(2)20-16)18-12-10-8-6-4-3-5-7-9-11-13-18;8-7(9)6-4-2-1-3-5-6/h16-18H,3-15H2,1-2H3;1-5H,(H,8,9)/t16-,17+;. The predicted octanol–water partition coefficient (Wildman–Crippen LogP) is 6.15. The normalized spacial score (nSPS) is 25.7. The molecule has 29 heavy (non-hydrogen) atoms. The second kappa shape index (κ2) is 13.8. The summed E-state index contributed by atoms with van der Waals surface area (Å²) >= 11 is 0. The first-order chi connectivity index (χ1) is 14.1. The van der Waals surface area contributed by atoms with Gasteiger partial charge in [-0.05, 0) is 38.8 Å². The number of carboxylic acid groups (broad SMARTS) is 1. The van der Waals surface area contributed by atoms with Crippen molar-refractivity contribution in [1.82, 2.24) is 4.90 Å². The molecule has 0 bridgehead atoms. The Hall–Kier alpha value is -1.39. The molecule has 164 valence electrons. The molecule has 0 amide bonds. The summed E-state index contributed by atoms with van der Waals surface area (Å²) in [7, 11) is 0. The highest BCUT2D eigenvalue weighted by Gasteiger charge is 2.27. The Morgan fingerprint density at radius 3 is 1.69 bits per heavy atom. The molecule has 1 aliphatic heterocycles. The largest absolute Gasteiger partial charge is 0.478 e. The zero-order valence-electron chi connectivity index (χ0n) is 18.5. The summed E-state index contributed by atoms with van der Waals surface area (Å²) in [5.74, 6) is -0.879. The molecule has 2 atom stereocenters. The maximum absolute atomic E-state index is 10.2. The third-order valence-electron chi connectivity index (χ3n) is 6.06. The van der Waals surface area contributed by atoms with Crippen LogP contribution in [0, 0.1) is 0 Å². The predicted molar refractivity (Wildman–Crippen MR) is 120 cm³/mol. The van der Waals surface area contributed by atoms with Gasteiger partial charge in [-0.3, -0.25) is 4.90 Å². The summed E-state index contributed by atoms with van der Waals surface area (Å²) < 4.78 is 5.90. The third kappa shape index (κ3) is 9.77. The Labute approximate surface area is 177 Å². The SMILES string of the molecule is C[C@@H]1CN(C2CCCCCCCCCCC2)C[C@H](C)O1.O=C(O)c1ccccc1. The van der Waals surface area contributed by atoms with Gasteiger partial charge in [-0.1, -0.05) is 76.0 Å². The van der Waals surface area contributed by atoms with Crippen LogP contribution in [-0.4, -0.2) is 47.3 Å². The average Bonchev–Trinajstić information content (AvgIpc) is 2.69. The van der Waals surface area contributed by atoms with Gasteiger partial charge in [-0.2, -0.15) is 0 Å². The maximum atomic E-state index is 10.2. The van der Waals surface area contributed by atoms with Gasteiger partial charge in [0.2, 0.25) is 0 Å². The Morgan fingerprint density at radius 2 is 1.28 bits per heavy atom. The Kier molecular flexibility index (Phi) is 11.3. The molecule has 1 aromatic carbocycles. The Morgan fingerprint density at radius 1 is 0.828 bits per heavy atom. The number of hydrogen-bond donors (Lipinski definition) is 1. The van der Waals surface area contributed by atoms with E-state index in [0.29, 0.717) is 17.8 Å². The van der Waals surface area contributed by atoms with Crippen LogP contribution in [0.15, 0.2) is 30.3 Å². The summed E-state index contributed by atoms with van der Waals surface area (Å²) in [6.45, 7) is 6.76. The first-order valence-electron chi connectivity index (χ1n) is 11.7. The lowest BCUT2D eigenvalue weighted by Crippen LogP contribution is -2.50. The molecular formula is C25H41NO3. The minimum absolute atomic E-state index is 0.331. The summed E-state index contributed by atoms with van der Waals surface area (Å²) in [6.07, 6.45) is 16.8. The van der Waals surface area contributed by atoms with Crippen LogP contribution in [0.4, 0.5) is 0 Å². The molecule has 4 nitrogen and oxygen atoms in total. The minimum atomic E-state index is -0.879. The minimum Gasteiger partial charge on any atom is -0.478 e. The van der Waals surface area contributed by atoms with Crippen molar-refractivity contribution in [2.75, 3.05) is 13.1 Å². The molecule has 2 aliphatic rings. The second-order valence-electron chi connectivity index (χ2n) is 8.80. The van der Waals surface area contributed by atoms with E-state index in [1.165, 1.54) is 70.6 Å². The quantitative estimate of drug-likeness (QED) is 0.643. The van der Waals surface area contributed by atoms with Crippen molar-refractivity contribution in [3.8, 4) is 0 Å². The van der Waals surface area contributed by atoms with Crippen molar-refractivity contribution in [2.24, 2.45) is 0 Å². The van der Waals surface area contributed by atoms with E-state index in [9.17, 15) is 4.79 Å². The fourth-order valence-corrected chi connectivity index (χ4v) is 4.60. The third-order valence-corrected chi connectivity index (χ3v) is 6.06. The molecule has 1 aromatic rings. The highest BCUT2D eigenvalue weighted by Crippen LogP contribution is 2.23. The molecule has 2 fully saturated rings. The first-order valence-corrected chi connectivity index (χ1v) is 11.7. The topological polar surface area (TPSA) is 49.8 Å². The van der Waals surface area contributed by atoms with E-state index in [2.05, 4.69) is 18.7 Å². The molecule has 4 heteroatoms. The average molecular weight is 404 g/mol. The van der Waals surface area contributed by atoms with Crippen LogP contribution in [0.1, 0.15) is 94.8 Å². The van der Waals surface area contributed by atoms with Crippen LogP contribution in [-0.2, 0) is 4.74 Å². The zero-order valence-corrected chi connectivity index (χ0v) is 18.5. The molecule has 1 heterocycles. The monoisotopic (exact) mass is 403 g/mol. The van der Waals surface area contributed by atoms with Gasteiger partial charge in [0.15, 0.2) is 0 Å². The highest BCUT2D eigenvalue weighted by atomic mass is 16.5. The lowest BCUT2D eigenvalue weighted by molar-refractivity contribution is -0.0825. The number of carboxylic acids is 1. The van der Waals surface area contributed by atoms with E-state index in [0.717, 1.165) is 19.1 Å². The number of rotatable bonds is 2. The van der Waals surface area contributed by atoms with E-state index in [4.69, 9.17) is 9.84 Å². The van der Waals surface area contributed by atoms with Gasteiger partial charge < -0.3 is 9.84 Å². The molecule has 1 saturated heterocycles. The van der Waals surface area contributed by atoms with E-state index in [1.54, 1.807) is 30.3 Å². The van der Waals surface area contributed by atoms with E-state index in [1.807, 2.05) is 0 Å². The molecule has 0 aromatic heterocycles. The first kappa shape index (κ1) is 23.9. The van der Waals surface area contributed by atoms with Crippen molar-refractivity contribution in [3.05, 3.63) is 35.9 Å². The lowest BCUT2D eigenvalue weighted by Gasteiger charge is -2.40. The van der Waals surface area contributed by atoms with Crippen LogP contribution in [0.2, 0.25) is 0 Å². The fraction of sp³-hybridized carbons (Fsp3) is 0.720. The second-order valence-corrected chi connectivity index (χ2v) is 8.80. The number of carbonyl (C=O) groups is 1. The van der Waals surface area contributed by atoms with Gasteiger partial charge >= 0.3 is 5.97 Å². The van der Waals surface area contributed by atoms with Gasteiger partial charge in [0.25, 0.3) is 0 Å². The van der Waals surface area contributed by atoms with E-state index in [-0.39, 0.29) is 0 Å². The number of ether oxygens (including phenoxy) is 1. The number of hydrogen-bond acceptors (Lipinski definition) is 3. The Balaban J connectivity index is 0.000000278. The summed E-state index contributed by atoms with van der Waals surface area (Å²) in [4.78, 5) is 12.9. The highest BCUT2D eigenvalue weighted by molar-refractivity contribution is 5.87. The van der Waals surface area contributed by atoms with E-state index >= 15 is 0 Å². The van der Waals surface area contributed by atoms with Gasteiger partial charge in [-0.25, -0.2) is 4.79 Å². The van der Waals surface area contributed by atoms with Crippen LogP contribution < -0.4 is 0 Å². The molecule has 1 saturated carbocycles. The Bertz CT molecular complexity index is 540. The summed E-state index contributed by atoms with van der Waals surface area (Å²) in [5, 5.41) is 8.38. The molecule has 1 N–H and O–H groups in total. The fourth-order valence-electron chi connectivity index (χ4n) is 4.60. The van der Waals surface area contributed by atoms with Crippen LogP contribution in [0.3, 0.4) is 0 Å². The number of morpholine rings is 1. The summed E-state index contributed by atoms with van der Waals surface area (Å²) in [5.41, 5.74) is 0.331. The smallest absolute Gasteiger partial charge is 0.335 e. The molecule has 1 aliphatic carbocycles. The number of benzene rings is 1. The van der Waals surface area contributed by atoms with Gasteiger partial charge in [0.05, 0.1) is 17.8 Å². The van der Waals surface area contributed by atoms with Crippen LogP contribution >= 0.6 is 0 Å². The van der Waals surface area contributed by atoms with Crippen molar-refractivity contribution in [1.29, 1.82) is 0 Å². The lowest BCUT2D eigenvalue weighted by atomic mass is 9.96. The summed E-state index contributed by atoms with van der Waals surface area (Å²) in [6, 6.07) is 9.12. The van der Waals surface area contributed by atoms with Crippen LogP contribution in [0.25, 0.3) is 0 Å². The maximum Gasteiger partial charge on any atom is 0.335 e. The molecule has 0 spiro atoms. The van der Waals surface area contributed by atoms with Crippen LogP contribution in [0.5, 0.6) is 0 Å². The molecule has 0 unspecified atom stereocenters. The van der Waals surface area contributed by atoms with Crippen molar-refractivity contribution in [3.63, 3.8) is 0 Å². The molecule has 3 rings (SSSR count). The van der Waals surface area contributed by atoms with Gasteiger partial charge in [0.1, 0.15) is 0 Å². The molecule has 0 radical (unpaired) electrons. The van der Waals surface area contributed by atoms with Gasteiger partial charge in [-0.15, -0.1) is 0 Å². The van der Waals surface area contributed by atoms with Crippen molar-refractivity contribution >= 4 is 5.97 Å². The number of aromatic carboxylic acids is 1. The van der Waals surface area contributed by atoms with Crippen molar-refractivity contribution in [2.45, 2.75) is 103 Å². The molecular weight excluding hydrogens is 362 g/mol. The van der Waals surface area contributed by atoms with Gasteiger partial charge in [0, 0.05) is 19.1 Å². The number of nitrogens with zero attached hydrogens (tertiary/aromatic N) is 1. The zero-order chi connectivity index (χ0) is 20.9.